The van der Waals surface area contributed by atoms with Crippen LogP contribution in [0.1, 0.15) is 99.6 Å². The molecule has 9 amide bonds. The lowest BCUT2D eigenvalue weighted by Crippen LogP contribution is -2.51. The van der Waals surface area contributed by atoms with Crippen molar-refractivity contribution >= 4 is 104 Å². The molecule has 82 heavy (non-hydrogen) atoms. The van der Waals surface area contributed by atoms with Gasteiger partial charge in [-0.3, -0.25) is 43.3 Å². The summed E-state index contributed by atoms with van der Waals surface area (Å²) < 4.78 is 6.00. The highest BCUT2D eigenvalue weighted by Crippen LogP contribution is 2.41. The fourth-order valence-corrected chi connectivity index (χ4v) is 9.02. The molecule has 0 bridgehead atoms. The van der Waals surface area contributed by atoms with E-state index in [1.807, 2.05) is 45.2 Å². The third-order valence-corrected chi connectivity index (χ3v) is 13.2. The van der Waals surface area contributed by atoms with Gasteiger partial charge in [-0.1, -0.05) is 71.7 Å². The number of carbonyl (C=O) groups is 9. The lowest BCUT2D eigenvalue weighted by atomic mass is 10.0. The molecule has 8 N–H and O–H groups in total. The van der Waals surface area contributed by atoms with Crippen LogP contribution in [0.3, 0.4) is 0 Å². The molecule has 8 rings (SSSR count). The molecular formula is C60H78ClN11O10. The Balaban J connectivity index is 0.00000115. The fraction of sp³-hybridized carbons (Fsp3) is 0.417. The quantitative estimate of drug-likeness (QED) is 0.0327. The Morgan fingerprint density at radius 2 is 1.39 bits per heavy atom. The van der Waals surface area contributed by atoms with Crippen LogP contribution in [0.5, 0.6) is 5.75 Å². The average molecular weight is 1150 g/mol. The van der Waals surface area contributed by atoms with Crippen molar-refractivity contribution in [1.82, 2.24) is 35.6 Å². The number of hydrogen-bond acceptors (Lipinski definition) is 12. The highest BCUT2D eigenvalue weighted by atomic mass is 35.5. The number of carbonyl (C=O) groups excluding carboxylic acids is 9. The van der Waals surface area contributed by atoms with Gasteiger partial charge in [-0.25, -0.2) is 4.79 Å². The van der Waals surface area contributed by atoms with Gasteiger partial charge in [-0.2, -0.15) is 0 Å². The molecule has 0 aliphatic carbocycles. The van der Waals surface area contributed by atoms with Crippen LogP contribution < -0.4 is 42.0 Å². The maximum Gasteiger partial charge on any atom is 0.415 e. The van der Waals surface area contributed by atoms with Gasteiger partial charge in [0.1, 0.15) is 17.5 Å². The molecule has 1 fully saturated rings. The van der Waals surface area contributed by atoms with Gasteiger partial charge in [0.05, 0.1) is 18.8 Å². The van der Waals surface area contributed by atoms with Gasteiger partial charge in [-0.05, 0) is 105 Å². The van der Waals surface area contributed by atoms with Crippen LogP contribution in [0.4, 0.5) is 21.9 Å². The summed E-state index contributed by atoms with van der Waals surface area (Å²) in [6.07, 6.45) is 8.08. The number of hydrogen-bond donors (Lipinski definition) is 7. The number of halogens is 1. The molecule has 1 aromatic heterocycles. The molecule has 0 saturated carbocycles. The van der Waals surface area contributed by atoms with E-state index in [-0.39, 0.29) is 37.6 Å². The minimum Gasteiger partial charge on any atom is -0.409 e. The van der Waals surface area contributed by atoms with Crippen molar-refractivity contribution in [2.45, 2.75) is 85.6 Å². The summed E-state index contributed by atoms with van der Waals surface area (Å²) in [4.78, 5) is 125. The predicted molar refractivity (Wildman–Crippen MR) is 320 cm³/mol. The van der Waals surface area contributed by atoms with E-state index >= 15 is 0 Å². The SMILES string of the molecule is CC(C)C[C@H](NC(=O)CNC(=O)CCCN1C(=O)C=CC1=O)C(=O)NCC(=O)Nc1ccc(C(=O)Nc2ccc3[nH]c(C(=O)N4CCc5c4cc(OC(=O)N4CCN(C)CC4)c4ccccc54)cc3c2)cc1.CCC.CCCCN.CCl. The third kappa shape index (κ3) is 18.4. The fourth-order valence-electron chi connectivity index (χ4n) is 9.02. The second-order valence-corrected chi connectivity index (χ2v) is 20.2. The first kappa shape index (κ1) is 64.7. The van der Waals surface area contributed by atoms with E-state index < -0.39 is 66.6 Å². The first-order valence-corrected chi connectivity index (χ1v) is 28.5. The van der Waals surface area contributed by atoms with Crippen molar-refractivity contribution < 1.29 is 47.9 Å². The van der Waals surface area contributed by atoms with Crippen LogP contribution in [-0.4, -0.2) is 151 Å². The molecule has 1 atom stereocenters. The van der Waals surface area contributed by atoms with Crippen LogP contribution in [0.2, 0.25) is 0 Å². The lowest BCUT2D eigenvalue weighted by molar-refractivity contribution is -0.137. The Morgan fingerprint density at radius 1 is 0.744 bits per heavy atom. The molecular weight excluding hydrogens is 1070 g/mol. The Hall–Kier alpha value is -8.14. The highest BCUT2D eigenvalue weighted by Gasteiger charge is 2.31. The van der Waals surface area contributed by atoms with Crippen LogP contribution in [0, 0.1) is 5.92 Å². The number of ether oxygens (including phenoxy) is 1. The molecule has 5 aromatic rings. The number of H-pyrrole nitrogens is 1. The molecule has 0 unspecified atom stereocenters. The first-order chi connectivity index (χ1) is 39.4. The normalized spacial score (nSPS) is 13.9. The van der Waals surface area contributed by atoms with Crippen LogP contribution >= 0.6 is 11.6 Å². The topological polar surface area (TPSA) is 278 Å². The lowest BCUT2D eigenvalue weighted by Gasteiger charge is -2.31. The van der Waals surface area contributed by atoms with Gasteiger partial charge in [0.2, 0.25) is 23.6 Å². The number of alkyl halides is 1. The summed E-state index contributed by atoms with van der Waals surface area (Å²) in [5.74, 6) is -3.40. The van der Waals surface area contributed by atoms with E-state index in [0.29, 0.717) is 71.0 Å². The van der Waals surface area contributed by atoms with E-state index in [0.717, 1.165) is 53.0 Å². The molecule has 0 spiro atoms. The Morgan fingerprint density at radius 3 is 2.02 bits per heavy atom. The number of aromatic amines is 1. The third-order valence-electron chi connectivity index (χ3n) is 13.2. The smallest absolute Gasteiger partial charge is 0.409 e. The number of piperazine rings is 1. The standard InChI is InChI=1S/C52H56N10O10.C4H11N.C3H8.CH3Cl/c1-31(2)25-40(58-46(65)29-53-44(63)9-6-19-62-47(66)16-17-48(62)67)50(69)54-30-45(64)55-34-12-10-32(11-13-34)49(68)56-35-14-15-39-33(26-35)27-41(57-39)51(70)61-20-18-37-36-7-4-5-8-38(36)43(28-42(37)61)72-52(71)60-23-21-59(3)22-24-60;1-2-3-4-5;1-3-2;1-2/h4-5,7-8,10-17,26-28,31,40,57H,6,9,18-25,29-30H2,1-3H3,(H,53,63)(H,54,69)(H,55,64)(H,56,68)(H,58,65);2-5H2,1H3;3H2,1-2H3;1H3/t40-;;;/m0.../s1. The summed E-state index contributed by atoms with van der Waals surface area (Å²) in [7, 11) is 2.02. The number of benzene rings is 4. The van der Waals surface area contributed by atoms with E-state index in [4.69, 9.17) is 10.5 Å². The first-order valence-electron chi connectivity index (χ1n) is 27.7. The van der Waals surface area contributed by atoms with E-state index in [1.165, 1.54) is 37.8 Å². The monoisotopic (exact) mass is 1150 g/mol. The number of amides is 9. The molecule has 4 aromatic carbocycles. The van der Waals surface area contributed by atoms with Gasteiger partial charge in [0.15, 0.2) is 0 Å². The number of nitrogens with two attached hydrogens (primary N) is 1. The molecule has 3 aliphatic heterocycles. The second-order valence-electron chi connectivity index (χ2n) is 20.2. The number of unbranched alkanes of at least 4 members (excludes halogenated alkanes) is 1. The van der Waals surface area contributed by atoms with Crippen LogP contribution in [-0.2, 0) is 35.2 Å². The average Bonchev–Trinajstić information content (AvgIpc) is 4.06. The molecule has 21 nitrogen and oxygen atoms in total. The summed E-state index contributed by atoms with van der Waals surface area (Å²) >= 11 is 4.64. The van der Waals surface area contributed by atoms with Crippen molar-refractivity contribution in [2.75, 3.05) is 87.9 Å². The number of likely N-dealkylation sites (N-methyl/N-ethyl adjacent to an activating group) is 1. The van der Waals surface area contributed by atoms with Crippen molar-refractivity contribution in [2.24, 2.45) is 11.7 Å². The zero-order valence-corrected chi connectivity index (χ0v) is 48.7. The van der Waals surface area contributed by atoms with Gasteiger partial charge >= 0.3 is 6.09 Å². The molecule has 0 radical (unpaired) electrons. The Bertz CT molecular complexity index is 3060. The molecule has 440 valence electrons. The number of imide groups is 1. The number of nitrogens with zero attached hydrogens (tertiary/aromatic N) is 4. The largest absolute Gasteiger partial charge is 0.415 e. The Kier molecular flexibility index (Phi) is 25.5. The molecule has 3 aliphatic rings. The summed E-state index contributed by atoms with van der Waals surface area (Å²) in [5, 5.41) is 15.6. The predicted octanol–water partition coefficient (Wildman–Crippen LogP) is 6.95. The van der Waals surface area contributed by atoms with Crippen molar-refractivity contribution in [3.8, 4) is 5.75 Å². The van der Waals surface area contributed by atoms with Crippen molar-refractivity contribution in [3.63, 3.8) is 0 Å². The highest BCUT2D eigenvalue weighted by molar-refractivity contribution is 6.15. The van der Waals surface area contributed by atoms with Crippen LogP contribution in [0.15, 0.2) is 91.0 Å². The number of rotatable bonds is 19. The number of nitrogens with one attached hydrogen (secondary N) is 6. The van der Waals surface area contributed by atoms with Crippen molar-refractivity contribution in [3.05, 3.63) is 108 Å². The minimum atomic E-state index is -0.987. The van der Waals surface area contributed by atoms with Gasteiger partial charge in [0, 0.05) is 104 Å². The summed E-state index contributed by atoms with van der Waals surface area (Å²) in [6, 6.07) is 21.7. The van der Waals surface area contributed by atoms with Gasteiger partial charge < -0.3 is 56.7 Å². The number of aromatic nitrogens is 1. The Labute approximate surface area is 484 Å². The van der Waals surface area contributed by atoms with E-state index in [2.05, 4.69) is 68.8 Å². The van der Waals surface area contributed by atoms with Crippen LogP contribution in [0.25, 0.3) is 21.7 Å². The zero-order valence-electron chi connectivity index (χ0n) is 48.0. The van der Waals surface area contributed by atoms with Gasteiger partial charge in [-0.15, -0.1) is 11.6 Å². The molecule has 4 heterocycles. The summed E-state index contributed by atoms with van der Waals surface area (Å²) in [5.41, 5.74) is 9.02. The zero-order chi connectivity index (χ0) is 59.9. The number of anilines is 3. The molecule has 1 saturated heterocycles. The maximum atomic E-state index is 14.2. The minimum absolute atomic E-state index is 0.00359. The second kappa shape index (κ2) is 32.3. The van der Waals surface area contributed by atoms with E-state index in [1.54, 1.807) is 52.3 Å². The number of fused-ring (bicyclic) bond motifs is 4. The van der Waals surface area contributed by atoms with E-state index in [9.17, 15) is 43.2 Å². The van der Waals surface area contributed by atoms with Gasteiger partial charge in [0.25, 0.3) is 23.6 Å². The molecule has 22 heteroatoms. The maximum absolute atomic E-state index is 14.2. The summed E-state index contributed by atoms with van der Waals surface area (Å²) in [6.45, 7) is 13.3. The van der Waals surface area contributed by atoms with Crippen molar-refractivity contribution in [1.29, 1.82) is 0 Å².